The molecule has 9 atom stereocenters. The monoisotopic (exact) mass is 920 g/mol. The van der Waals surface area contributed by atoms with Crippen molar-refractivity contribution in [1.29, 1.82) is 0 Å². The van der Waals surface area contributed by atoms with Gasteiger partial charge in [-0.2, -0.15) is 33.7 Å². The van der Waals surface area contributed by atoms with Gasteiger partial charge in [-0.1, -0.05) is 49.1 Å². The summed E-state index contributed by atoms with van der Waals surface area (Å²) in [5.41, 5.74) is 2.42. The van der Waals surface area contributed by atoms with E-state index >= 15 is 0 Å². The van der Waals surface area contributed by atoms with Crippen LogP contribution in [0.25, 0.3) is 0 Å². The molecule has 4 rings (SSSR count). The van der Waals surface area contributed by atoms with Crippen molar-refractivity contribution in [1.82, 2.24) is 5.32 Å². The first-order chi connectivity index (χ1) is 27.4. The van der Waals surface area contributed by atoms with Gasteiger partial charge < -0.3 is 35.0 Å². The van der Waals surface area contributed by atoms with Gasteiger partial charge >= 0.3 is 41.6 Å². The highest BCUT2D eigenvalue weighted by Gasteiger charge is 2.51. The quantitative estimate of drug-likeness (QED) is 0.0400. The van der Waals surface area contributed by atoms with Crippen molar-refractivity contribution < 1.29 is 98.2 Å². The lowest BCUT2D eigenvalue weighted by molar-refractivity contribution is -0.293. The van der Waals surface area contributed by atoms with Crippen molar-refractivity contribution in [2.75, 3.05) is 24.6 Å². The molecule has 2 aromatic rings. The SMILES string of the molecule is CCC1OC(OCC(O)C(O)C(OS(=O)(=O)O)C(CNCCC(=O)N2Cc3ccccc3C#Cc3ccccc32)OS(=O)(=O)O)C(OS(=O)(=O)O)C(OS(=O)(=O)O)C1O. The maximum absolute atomic E-state index is 13.6. The van der Waals surface area contributed by atoms with Gasteiger partial charge in [-0.25, -0.2) is 16.7 Å². The van der Waals surface area contributed by atoms with Crippen LogP contribution in [0.2, 0.25) is 0 Å². The van der Waals surface area contributed by atoms with Crippen LogP contribution in [-0.4, -0.2) is 148 Å². The third kappa shape index (κ3) is 14.7. The number of nitrogens with zero attached hydrogens (tertiary/aromatic N) is 1. The number of para-hydroxylation sites is 1. The van der Waals surface area contributed by atoms with Gasteiger partial charge in [0, 0.05) is 30.6 Å². The molecule has 330 valence electrons. The molecule has 1 saturated heterocycles. The lowest BCUT2D eigenvalue weighted by atomic mass is 9.97. The fraction of sp³-hybridized carbons (Fsp3) is 0.516. The number of ether oxygens (including phenoxy) is 2. The van der Waals surface area contributed by atoms with Crippen molar-refractivity contribution in [2.45, 2.75) is 81.4 Å². The van der Waals surface area contributed by atoms with Crippen molar-refractivity contribution in [2.24, 2.45) is 0 Å². The number of fused-ring (bicyclic) bond motifs is 2. The topological polar surface area (TPSA) is 366 Å². The number of anilines is 1. The van der Waals surface area contributed by atoms with Crippen LogP contribution in [-0.2, 0) is 79.1 Å². The van der Waals surface area contributed by atoms with E-state index in [2.05, 4.69) is 33.9 Å². The van der Waals surface area contributed by atoms with Crippen LogP contribution in [0, 0.1) is 11.8 Å². The molecule has 2 heterocycles. The number of hydrogen-bond acceptors (Lipinski definition) is 19. The second-order valence-electron chi connectivity index (χ2n) is 12.7. The summed E-state index contributed by atoms with van der Waals surface area (Å²) in [4.78, 5) is 15.0. The molecular formula is C31H40N2O22S4. The Labute approximate surface area is 338 Å². The minimum Gasteiger partial charge on any atom is -0.388 e. The number of carbonyl (C=O) groups excluding carboxylic acids is 1. The normalized spacial score (nSPS) is 23.3. The molecule has 1 fully saturated rings. The number of aliphatic hydroxyl groups is 3. The number of nitrogens with one attached hydrogen (secondary N) is 1. The molecule has 1 amide bonds. The average Bonchev–Trinajstić information content (AvgIpc) is 3.11. The van der Waals surface area contributed by atoms with E-state index in [-0.39, 0.29) is 25.9 Å². The van der Waals surface area contributed by atoms with Gasteiger partial charge in [0.05, 0.1) is 24.9 Å². The van der Waals surface area contributed by atoms with Crippen LogP contribution in [0.3, 0.4) is 0 Å². The second-order valence-corrected chi connectivity index (χ2v) is 16.9. The molecule has 0 saturated carbocycles. The Morgan fingerprint density at radius 1 is 0.847 bits per heavy atom. The van der Waals surface area contributed by atoms with E-state index < -0.39 is 116 Å². The standard InChI is InChI=1S/C31H40N2O22S4/c1-2-23-27(37)29(54-58(44,45)46)30(55-59(47,48)49)31(51-23)50-17-22(34)26(36)28(53-57(41,42)43)24(52-56(38,39)40)15-32-14-13-25(35)33-16-20-9-4-3-7-18(20)11-12-19-8-5-6-10-21(19)33/h3-10,22-24,26-32,34,36-37H,2,13-17H2,1H3,(H,38,39,40)(H,41,42,43)(H,44,45,46)(H,47,48,49). The minimum atomic E-state index is -5.66. The Morgan fingerprint density at radius 2 is 1.42 bits per heavy atom. The van der Waals surface area contributed by atoms with Gasteiger partial charge in [-0.05, 0) is 30.2 Å². The molecule has 9 unspecified atom stereocenters. The first-order valence-corrected chi connectivity index (χ1v) is 22.5. The highest BCUT2D eigenvalue weighted by molar-refractivity contribution is 7.81. The molecule has 59 heavy (non-hydrogen) atoms. The Bertz CT molecular complexity index is 2300. The molecule has 2 aliphatic heterocycles. The molecule has 8 N–H and O–H groups in total. The Kier molecular flexibility index (Phi) is 16.4. The van der Waals surface area contributed by atoms with Crippen LogP contribution in [0.4, 0.5) is 5.69 Å². The maximum Gasteiger partial charge on any atom is 0.397 e. The predicted octanol–water partition coefficient (Wildman–Crippen LogP) is -2.10. The Balaban J connectivity index is 1.52. The summed E-state index contributed by atoms with van der Waals surface area (Å²) in [6.07, 6.45) is -21.3. The summed E-state index contributed by atoms with van der Waals surface area (Å²) in [6, 6.07) is 13.9. The smallest absolute Gasteiger partial charge is 0.388 e. The first kappa shape index (κ1) is 48.4. The first-order valence-electron chi connectivity index (χ1n) is 17.0. The molecule has 2 aromatic carbocycles. The van der Waals surface area contributed by atoms with E-state index in [1.807, 2.05) is 0 Å². The fourth-order valence-electron chi connectivity index (χ4n) is 5.99. The van der Waals surface area contributed by atoms with Gasteiger partial charge in [0.15, 0.2) is 12.4 Å². The largest absolute Gasteiger partial charge is 0.397 e. The van der Waals surface area contributed by atoms with E-state index in [1.54, 1.807) is 48.5 Å². The van der Waals surface area contributed by atoms with Crippen molar-refractivity contribution >= 4 is 53.2 Å². The molecule has 0 radical (unpaired) electrons. The van der Waals surface area contributed by atoms with Crippen LogP contribution in [0.15, 0.2) is 48.5 Å². The highest BCUT2D eigenvalue weighted by atomic mass is 32.3. The van der Waals surface area contributed by atoms with E-state index in [9.17, 15) is 72.0 Å². The summed E-state index contributed by atoms with van der Waals surface area (Å²) in [5.74, 6) is 5.62. The predicted molar refractivity (Wildman–Crippen MR) is 196 cm³/mol. The zero-order chi connectivity index (χ0) is 43.9. The number of carbonyl (C=O) groups is 1. The highest BCUT2D eigenvalue weighted by Crippen LogP contribution is 2.31. The van der Waals surface area contributed by atoms with Crippen LogP contribution >= 0.6 is 0 Å². The van der Waals surface area contributed by atoms with E-state index in [1.165, 1.54) is 11.8 Å². The van der Waals surface area contributed by atoms with Gasteiger partial charge in [0.2, 0.25) is 5.91 Å². The second kappa shape index (κ2) is 20.1. The summed E-state index contributed by atoms with van der Waals surface area (Å²) < 4.78 is 159. The van der Waals surface area contributed by atoms with E-state index in [4.69, 9.17) is 9.47 Å². The molecule has 0 bridgehead atoms. The summed E-state index contributed by atoms with van der Waals surface area (Å²) in [6.45, 7) is -1.03. The molecular weight excluding hydrogens is 881 g/mol. The lowest BCUT2D eigenvalue weighted by Gasteiger charge is -2.42. The van der Waals surface area contributed by atoms with Crippen molar-refractivity contribution in [3.8, 4) is 11.8 Å². The zero-order valence-corrected chi connectivity index (χ0v) is 33.7. The van der Waals surface area contributed by atoms with E-state index in [0.717, 1.165) is 5.56 Å². The molecule has 2 aliphatic rings. The van der Waals surface area contributed by atoms with Gasteiger partial charge in [0.1, 0.15) is 36.6 Å². The molecule has 0 aromatic heterocycles. The molecule has 0 spiro atoms. The number of benzene rings is 2. The third-order valence-corrected chi connectivity index (χ3v) is 10.4. The van der Waals surface area contributed by atoms with Gasteiger partial charge in [-0.3, -0.25) is 23.0 Å². The van der Waals surface area contributed by atoms with Crippen LogP contribution < -0.4 is 10.2 Å². The lowest BCUT2D eigenvalue weighted by Crippen LogP contribution is -2.61. The van der Waals surface area contributed by atoms with Gasteiger partial charge in [0.25, 0.3) is 0 Å². The molecule has 0 aliphatic carbocycles. The maximum atomic E-state index is 13.6. The summed E-state index contributed by atoms with van der Waals surface area (Å²) in [7, 11) is -22.2. The number of amides is 1. The van der Waals surface area contributed by atoms with Crippen molar-refractivity contribution in [3.63, 3.8) is 0 Å². The number of aliphatic hydroxyl groups excluding tert-OH is 3. The minimum absolute atomic E-state index is 0.105. The van der Waals surface area contributed by atoms with Gasteiger partial charge in [-0.15, -0.1) is 0 Å². The Morgan fingerprint density at radius 3 is 2.03 bits per heavy atom. The Hall–Kier alpha value is -3.29. The third-order valence-electron chi connectivity index (χ3n) is 8.53. The van der Waals surface area contributed by atoms with Crippen molar-refractivity contribution in [3.05, 3.63) is 65.2 Å². The summed E-state index contributed by atoms with van der Waals surface area (Å²) >= 11 is 0. The zero-order valence-electron chi connectivity index (χ0n) is 30.4. The van der Waals surface area contributed by atoms with Crippen LogP contribution in [0.1, 0.15) is 36.5 Å². The molecule has 28 heteroatoms. The number of rotatable bonds is 20. The molecule has 24 nitrogen and oxygen atoms in total. The average molecular weight is 921 g/mol. The summed E-state index contributed by atoms with van der Waals surface area (Å²) in [5, 5.41) is 34.9. The van der Waals surface area contributed by atoms with Crippen LogP contribution in [0.5, 0.6) is 0 Å². The number of hydrogen-bond donors (Lipinski definition) is 8. The fourth-order valence-corrected chi connectivity index (χ4v) is 7.98. The van der Waals surface area contributed by atoms with E-state index in [0.29, 0.717) is 16.8 Å².